The molecule has 0 aromatic heterocycles. The number of ether oxygens (including phenoxy) is 2. The number of piperidine rings is 1. The van der Waals surface area contributed by atoms with Crippen molar-refractivity contribution in [3.63, 3.8) is 0 Å². The number of amides is 1. The van der Waals surface area contributed by atoms with Crippen LogP contribution < -0.4 is 0 Å². The highest BCUT2D eigenvalue weighted by atomic mass is 19.1. The molecule has 0 spiro atoms. The zero-order valence-electron chi connectivity index (χ0n) is 11.9. The molecule has 1 atom stereocenters. The van der Waals surface area contributed by atoms with Gasteiger partial charge in [-0.25, -0.2) is 14.0 Å². The van der Waals surface area contributed by atoms with E-state index in [-0.39, 0.29) is 12.2 Å². The Kier molecular flexibility index (Phi) is 5.14. The van der Waals surface area contributed by atoms with Crippen LogP contribution in [0.15, 0.2) is 0 Å². The van der Waals surface area contributed by atoms with Gasteiger partial charge in [0.05, 0.1) is 0 Å². The van der Waals surface area contributed by atoms with Crippen LogP contribution >= 0.6 is 0 Å². The largest absolute Gasteiger partial charge is 0.460 e. The molecule has 1 unspecified atom stereocenters. The predicted octanol–water partition coefficient (Wildman–Crippen LogP) is 2.29. The molecule has 1 aliphatic heterocycles. The number of hydrogen-bond donors (Lipinski definition) is 0. The molecule has 0 radical (unpaired) electrons. The van der Waals surface area contributed by atoms with Crippen molar-refractivity contribution in [1.82, 2.24) is 4.90 Å². The van der Waals surface area contributed by atoms with E-state index in [1.54, 1.807) is 4.90 Å². The van der Waals surface area contributed by atoms with Gasteiger partial charge in [0, 0.05) is 25.9 Å². The lowest BCUT2D eigenvalue weighted by Crippen LogP contribution is -2.44. The lowest BCUT2D eigenvalue weighted by Gasteiger charge is -2.33. The number of rotatable bonds is 2. The van der Waals surface area contributed by atoms with Gasteiger partial charge in [0.1, 0.15) is 11.7 Å². The molecule has 6 heteroatoms. The molecule has 1 aliphatic rings. The quantitative estimate of drug-likeness (QED) is 0.725. The molecule has 0 aliphatic carbocycles. The Labute approximate surface area is 113 Å². The Balaban J connectivity index is 2.37. The number of carbonyl (C=O) groups is 2. The molecule has 1 heterocycles. The normalized spacial score (nSPS) is 18.9. The van der Waals surface area contributed by atoms with E-state index in [9.17, 15) is 14.0 Å². The van der Waals surface area contributed by atoms with Crippen molar-refractivity contribution in [2.45, 2.75) is 58.4 Å². The molecule has 0 aromatic rings. The number of alkyl halides is 1. The average Bonchev–Trinajstić information content (AvgIpc) is 2.27. The highest BCUT2D eigenvalue weighted by molar-refractivity contribution is 5.74. The van der Waals surface area contributed by atoms with E-state index in [0.717, 1.165) is 6.92 Å². The lowest BCUT2D eigenvalue weighted by atomic mass is 10.1. The summed E-state index contributed by atoms with van der Waals surface area (Å²) in [7, 11) is 0. The van der Waals surface area contributed by atoms with Crippen molar-refractivity contribution in [3.8, 4) is 0 Å². The van der Waals surface area contributed by atoms with E-state index >= 15 is 0 Å². The monoisotopic (exact) mass is 275 g/mol. The van der Waals surface area contributed by atoms with Crippen molar-refractivity contribution in [2.24, 2.45) is 0 Å². The van der Waals surface area contributed by atoms with Gasteiger partial charge in [-0.3, -0.25) is 0 Å². The first-order valence-electron chi connectivity index (χ1n) is 6.51. The van der Waals surface area contributed by atoms with Gasteiger partial charge in [0.15, 0.2) is 6.17 Å². The van der Waals surface area contributed by atoms with Crippen LogP contribution in [0.2, 0.25) is 0 Å². The summed E-state index contributed by atoms with van der Waals surface area (Å²) in [6.07, 6.45) is -1.26. The van der Waals surface area contributed by atoms with Crippen molar-refractivity contribution in [1.29, 1.82) is 0 Å². The summed E-state index contributed by atoms with van der Waals surface area (Å²) in [6.45, 7) is 7.48. The van der Waals surface area contributed by atoms with Gasteiger partial charge in [-0.15, -0.1) is 0 Å². The minimum atomic E-state index is -1.61. The molecule has 5 nitrogen and oxygen atoms in total. The van der Waals surface area contributed by atoms with Crippen LogP contribution in [0.5, 0.6) is 0 Å². The molecule has 1 rings (SSSR count). The maximum atomic E-state index is 12.7. The van der Waals surface area contributed by atoms with Crippen LogP contribution in [0, 0.1) is 0 Å². The minimum Gasteiger partial charge on any atom is -0.460 e. The van der Waals surface area contributed by atoms with Crippen LogP contribution in [0.4, 0.5) is 9.18 Å². The van der Waals surface area contributed by atoms with Gasteiger partial charge < -0.3 is 14.4 Å². The third-order valence-electron chi connectivity index (χ3n) is 2.70. The summed E-state index contributed by atoms with van der Waals surface area (Å²) in [4.78, 5) is 24.5. The Hall–Kier alpha value is -1.33. The smallest absolute Gasteiger partial charge is 0.410 e. The molecular formula is C13H22FNO4. The standard InChI is InChI=1S/C13H22FNO4/c1-9(14)11(16)18-10-5-7-15(8-6-10)12(17)19-13(2,3)4/h9-10H,5-8H2,1-4H3. The van der Waals surface area contributed by atoms with Crippen LogP contribution in [0.3, 0.4) is 0 Å². The molecule has 1 amide bonds. The Morgan fingerprint density at radius 1 is 1.26 bits per heavy atom. The maximum absolute atomic E-state index is 12.7. The van der Waals surface area contributed by atoms with Gasteiger partial charge in [-0.1, -0.05) is 0 Å². The van der Waals surface area contributed by atoms with E-state index in [0.29, 0.717) is 25.9 Å². The zero-order valence-corrected chi connectivity index (χ0v) is 11.9. The third-order valence-corrected chi connectivity index (χ3v) is 2.70. The number of halogens is 1. The molecule has 1 fully saturated rings. The number of hydrogen-bond acceptors (Lipinski definition) is 4. The first kappa shape index (κ1) is 15.7. The summed E-state index contributed by atoms with van der Waals surface area (Å²) in [6, 6.07) is 0. The third kappa shape index (κ3) is 5.44. The van der Waals surface area contributed by atoms with Crippen LogP contribution in [0.25, 0.3) is 0 Å². The first-order valence-corrected chi connectivity index (χ1v) is 6.51. The Morgan fingerprint density at radius 2 is 1.79 bits per heavy atom. The lowest BCUT2D eigenvalue weighted by molar-refractivity contribution is -0.156. The first-order chi connectivity index (χ1) is 8.69. The van der Waals surface area contributed by atoms with Crippen molar-refractivity contribution in [2.75, 3.05) is 13.1 Å². The summed E-state index contributed by atoms with van der Waals surface area (Å²) in [5.74, 6) is -0.837. The van der Waals surface area contributed by atoms with Crippen LogP contribution in [-0.4, -0.2) is 47.9 Å². The maximum Gasteiger partial charge on any atom is 0.410 e. The summed E-state index contributed by atoms with van der Waals surface area (Å²) < 4.78 is 22.9. The van der Waals surface area contributed by atoms with E-state index < -0.39 is 17.7 Å². The fourth-order valence-corrected chi connectivity index (χ4v) is 1.74. The van der Waals surface area contributed by atoms with Gasteiger partial charge in [-0.2, -0.15) is 0 Å². The molecule has 1 saturated heterocycles. The number of likely N-dealkylation sites (tertiary alicyclic amines) is 1. The van der Waals surface area contributed by atoms with Gasteiger partial charge in [0.2, 0.25) is 0 Å². The van der Waals surface area contributed by atoms with Crippen molar-refractivity contribution < 1.29 is 23.5 Å². The number of esters is 1. The van der Waals surface area contributed by atoms with Gasteiger partial charge >= 0.3 is 12.1 Å². The molecule has 110 valence electrons. The topological polar surface area (TPSA) is 55.8 Å². The molecule has 0 N–H and O–H groups in total. The predicted molar refractivity (Wildman–Crippen MR) is 67.5 cm³/mol. The van der Waals surface area contributed by atoms with E-state index in [1.807, 2.05) is 20.8 Å². The fourth-order valence-electron chi connectivity index (χ4n) is 1.74. The highest BCUT2D eigenvalue weighted by Gasteiger charge is 2.29. The number of carbonyl (C=O) groups excluding carboxylic acids is 2. The summed E-state index contributed by atoms with van der Waals surface area (Å²) in [5.41, 5.74) is -0.524. The van der Waals surface area contributed by atoms with Gasteiger partial charge in [0.25, 0.3) is 0 Å². The van der Waals surface area contributed by atoms with E-state index in [1.165, 1.54) is 0 Å². The SMILES string of the molecule is CC(F)C(=O)OC1CCN(C(=O)OC(C)(C)C)CC1. The number of nitrogens with zero attached hydrogens (tertiary/aromatic N) is 1. The van der Waals surface area contributed by atoms with E-state index in [2.05, 4.69) is 0 Å². The van der Waals surface area contributed by atoms with Crippen molar-refractivity contribution >= 4 is 12.1 Å². The minimum absolute atomic E-state index is 0.315. The second-order valence-electron chi connectivity index (χ2n) is 5.72. The molecular weight excluding hydrogens is 253 g/mol. The molecule has 19 heavy (non-hydrogen) atoms. The van der Waals surface area contributed by atoms with Crippen LogP contribution in [-0.2, 0) is 14.3 Å². The average molecular weight is 275 g/mol. The van der Waals surface area contributed by atoms with Crippen molar-refractivity contribution in [3.05, 3.63) is 0 Å². The van der Waals surface area contributed by atoms with Crippen LogP contribution in [0.1, 0.15) is 40.5 Å². The Bertz CT molecular complexity index is 330. The van der Waals surface area contributed by atoms with E-state index in [4.69, 9.17) is 9.47 Å². The highest BCUT2D eigenvalue weighted by Crippen LogP contribution is 2.18. The summed E-state index contributed by atoms with van der Waals surface area (Å²) >= 11 is 0. The molecule has 0 bridgehead atoms. The molecule has 0 aromatic carbocycles. The second kappa shape index (κ2) is 6.21. The second-order valence-corrected chi connectivity index (χ2v) is 5.72. The summed E-state index contributed by atoms with van der Waals surface area (Å²) in [5, 5.41) is 0. The molecule has 0 saturated carbocycles. The fraction of sp³-hybridized carbons (Fsp3) is 0.846. The van der Waals surface area contributed by atoms with Gasteiger partial charge in [-0.05, 0) is 27.7 Å². The zero-order chi connectivity index (χ0) is 14.6. The Morgan fingerprint density at radius 3 is 2.21 bits per heavy atom.